The lowest BCUT2D eigenvalue weighted by molar-refractivity contribution is 0.997. The van der Waals surface area contributed by atoms with Gasteiger partial charge in [0.1, 0.15) is 0 Å². The van der Waals surface area contributed by atoms with E-state index in [0.717, 1.165) is 22.6 Å². The maximum absolute atomic E-state index is 5.65. The number of fused-ring (bicyclic) bond motifs is 3. The van der Waals surface area contributed by atoms with Gasteiger partial charge >= 0.3 is 0 Å². The van der Waals surface area contributed by atoms with Crippen LogP contribution in [0.4, 0.5) is 0 Å². The van der Waals surface area contributed by atoms with Crippen molar-refractivity contribution >= 4 is 54.9 Å². The van der Waals surface area contributed by atoms with Gasteiger partial charge in [-0.15, -0.1) is 11.3 Å². The summed E-state index contributed by atoms with van der Waals surface area (Å²) in [5.74, 6) is 0.543. The number of hydrogen-bond acceptors (Lipinski definition) is 5. The summed E-state index contributed by atoms with van der Waals surface area (Å²) in [6.07, 6.45) is 0. The Morgan fingerprint density at radius 2 is 1.17 bits per heavy atom. The third kappa shape index (κ3) is 4.52. The molecule has 0 radical (unpaired) electrons. The van der Waals surface area contributed by atoms with E-state index in [1.165, 1.54) is 20.2 Å². The lowest BCUT2D eigenvalue weighted by Crippen LogP contribution is -2.27. The monoisotopic (exact) mass is 408 g/mol. The molecule has 0 amide bonds. The van der Waals surface area contributed by atoms with Crippen molar-refractivity contribution in [2.75, 3.05) is 14.1 Å². The van der Waals surface area contributed by atoms with Crippen molar-refractivity contribution in [3.63, 3.8) is 0 Å². The van der Waals surface area contributed by atoms with Gasteiger partial charge in [0.15, 0.2) is 0 Å². The largest absolute Gasteiger partial charge is 0.369 e. The molecule has 0 atom stereocenters. The molecule has 0 aliphatic carbocycles. The van der Waals surface area contributed by atoms with Crippen molar-refractivity contribution in [2.45, 2.75) is 13.8 Å². The number of hydrogen-bond donors (Lipinski definition) is 4. The van der Waals surface area contributed by atoms with Crippen LogP contribution in [0, 0.1) is 0 Å². The number of nitrogens with two attached hydrogens (primary N) is 2. The summed E-state index contributed by atoms with van der Waals surface area (Å²) in [4.78, 5) is 7.68. The number of guanidine groups is 2. The maximum atomic E-state index is 5.65. The highest BCUT2D eigenvalue weighted by atomic mass is 32.1. The first-order valence-corrected chi connectivity index (χ1v) is 9.76. The van der Waals surface area contributed by atoms with E-state index in [1.807, 2.05) is 13.8 Å². The minimum atomic E-state index is 0.271. The highest BCUT2D eigenvalue weighted by molar-refractivity contribution is 7.25. The zero-order chi connectivity index (χ0) is 21.0. The van der Waals surface area contributed by atoms with Crippen LogP contribution in [0.25, 0.3) is 20.2 Å². The molecule has 29 heavy (non-hydrogen) atoms. The lowest BCUT2D eigenvalue weighted by atomic mass is 10.0. The standard InChI is InChI=1S/C20H24N8S/c1-11(25-27-19(21)23-3)13-5-7-17-15(9-13)16-10-14(6-8-18(16)29-17)12(2)26-28-20(22)24-4/h5-10H,1-4H3,(H3,21,23,27)(H3,22,24,28)/b25-11-,26-12-. The van der Waals surface area contributed by atoms with Crippen molar-refractivity contribution in [2.24, 2.45) is 31.7 Å². The Kier molecular flexibility index (Phi) is 6.08. The number of aliphatic imine (C=N–C) groups is 2. The summed E-state index contributed by atoms with van der Waals surface area (Å²) in [6.45, 7) is 3.86. The van der Waals surface area contributed by atoms with E-state index in [2.05, 4.69) is 67.4 Å². The van der Waals surface area contributed by atoms with E-state index in [1.54, 1.807) is 25.4 Å². The van der Waals surface area contributed by atoms with Crippen LogP contribution in [0.5, 0.6) is 0 Å². The second-order valence-corrected chi connectivity index (χ2v) is 7.44. The summed E-state index contributed by atoms with van der Waals surface area (Å²) in [7, 11) is 3.22. The quantitative estimate of drug-likeness (QED) is 0.301. The Labute approximate surface area is 173 Å². The molecular formula is C20H24N8S. The molecule has 1 aromatic heterocycles. The minimum absolute atomic E-state index is 0.271. The van der Waals surface area contributed by atoms with Crippen LogP contribution < -0.4 is 22.3 Å². The molecular weight excluding hydrogens is 384 g/mol. The van der Waals surface area contributed by atoms with E-state index in [4.69, 9.17) is 11.5 Å². The van der Waals surface area contributed by atoms with E-state index in [-0.39, 0.29) is 11.9 Å². The SMILES string of the molecule is CN=C(N)N/N=C(/C)c1ccc2sc3ccc(/C(C)=N\NC(N)=NC)cc3c2c1. The van der Waals surface area contributed by atoms with Gasteiger partial charge in [0, 0.05) is 34.3 Å². The highest BCUT2D eigenvalue weighted by Crippen LogP contribution is 2.35. The van der Waals surface area contributed by atoms with Gasteiger partial charge in [-0.3, -0.25) is 9.98 Å². The van der Waals surface area contributed by atoms with Gasteiger partial charge < -0.3 is 11.5 Å². The topological polar surface area (TPSA) is 126 Å². The summed E-state index contributed by atoms with van der Waals surface area (Å²) in [5.41, 5.74) is 20.4. The first-order valence-electron chi connectivity index (χ1n) is 8.95. The van der Waals surface area contributed by atoms with Gasteiger partial charge in [0.05, 0.1) is 11.4 Å². The molecule has 0 aliphatic rings. The molecule has 0 saturated carbocycles. The molecule has 3 rings (SSSR count). The Bertz CT molecular complexity index is 1080. The molecule has 0 bridgehead atoms. The van der Waals surface area contributed by atoms with Gasteiger partial charge in [-0.1, -0.05) is 12.1 Å². The van der Waals surface area contributed by atoms with Gasteiger partial charge in [-0.25, -0.2) is 10.9 Å². The van der Waals surface area contributed by atoms with Crippen LogP contribution in [0.1, 0.15) is 25.0 Å². The predicted molar refractivity (Wildman–Crippen MR) is 125 cm³/mol. The zero-order valence-corrected chi connectivity index (χ0v) is 17.6. The molecule has 0 saturated heterocycles. The molecule has 0 fully saturated rings. The Morgan fingerprint density at radius 3 is 1.55 bits per heavy atom. The third-order valence-electron chi connectivity index (χ3n) is 4.46. The average molecular weight is 409 g/mol. The molecule has 150 valence electrons. The molecule has 1 heterocycles. The van der Waals surface area contributed by atoms with Crippen LogP contribution in [-0.4, -0.2) is 37.4 Å². The van der Waals surface area contributed by atoms with Crippen LogP contribution in [0.3, 0.4) is 0 Å². The fourth-order valence-corrected chi connectivity index (χ4v) is 3.81. The number of benzene rings is 2. The molecule has 0 spiro atoms. The van der Waals surface area contributed by atoms with Crippen molar-refractivity contribution in [3.8, 4) is 0 Å². The summed E-state index contributed by atoms with van der Waals surface area (Å²) >= 11 is 1.76. The number of rotatable bonds is 4. The van der Waals surface area contributed by atoms with Gasteiger partial charge in [-0.2, -0.15) is 10.2 Å². The smallest absolute Gasteiger partial charge is 0.209 e. The first kappa shape index (κ1) is 20.3. The Hall–Kier alpha value is -3.46. The van der Waals surface area contributed by atoms with E-state index < -0.39 is 0 Å². The van der Waals surface area contributed by atoms with Crippen LogP contribution >= 0.6 is 11.3 Å². The molecule has 0 aliphatic heterocycles. The Balaban J connectivity index is 2.02. The van der Waals surface area contributed by atoms with Gasteiger partial charge in [0.25, 0.3) is 0 Å². The van der Waals surface area contributed by atoms with Crippen LogP contribution in [0.15, 0.2) is 56.6 Å². The number of nitrogens with zero attached hydrogens (tertiary/aromatic N) is 4. The lowest BCUT2D eigenvalue weighted by Gasteiger charge is -2.04. The molecule has 6 N–H and O–H groups in total. The van der Waals surface area contributed by atoms with E-state index >= 15 is 0 Å². The van der Waals surface area contributed by atoms with Crippen molar-refractivity contribution < 1.29 is 0 Å². The molecule has 2 aromatic carbocycles. The predicted octanol–water partition coefficient (Wildman–Crippen LogP) is 2.57. The number of hydrazone groups is 2. The second-order valence-electron chi connectivity index (χ2n) is 6.36. The van der Waals surface area contributed by atoms with Crippen LogP contribution in [0.2, 0.25) is 0 Å². The van der Waals surface area contributed by atoms with Crippen LogP contribution in [-0.2, 0) is 0 Å². The second kappa shape index (κ2) is 8.70. The number of thiophene rings is 1. The minimum Gasteiger partial charge on any atom is -0.369 e. The third-order valence-corrected chi connectivity index (χ3v) is 5.61. The molecule has 0 unspecified atom stereocenters. The Morgan fingerprint density at radius 1 is 0.759 bits per heavy atom. The normalized spacial score (nSPS) is 13.9. The first-order chi connectivity index (χ1) is 13.9. The molecule has 8 nitrogen and oxygen atoms in total. The fraction of sp³-hybridized carbons (Fsp3) is 0.200. The van der Waals surface area contributed by atoms with E-state index in [0.29, 0.717) is 0 Å². The zero-order valence-electron chi connectivity index (χ0n) is 16.8. The highest BCUT2D eigenvalue weighted by Gasteiger charge is 2.09. The van der Waals surface area contributed by atoms with Crippen molar-refractivity contribution in [1.82, 2.24) is 10.9 Å². The van der Waals surface area contributed by atoms with Gasteiger partial charge in [-0.05, 0) is 49.2 Å². The van der Waals surface area contributed by atoms with Crippen molar-refractivity contribution in [1.29, 1.82) is 0 Å². The molecule has 9 heteroatoms. The van der Waals surface area contributed by atoms with Crippen molar-refractivity contribution in [3.05, 3.63) is 47.5 Å². The summed E-state index contributed by atoms with van der Waals surface area (Å²) in [6, 6.07) is 12.6. The average Bonchev–Trinajstić information content (AvgIpc) is 3.12. The van der Waals surface area contributed by atoms with Gasteiger partial charge in [0.2, 0.25) is 11.9 Å². The fourth-order valence-electron chi connectivity index (χ4n) is 2.74. The maximum Gasteiger partial charge on any atom is 0.209 e. The summed E-state index contributed by atoms with van der Waals surface area (Å²) < 4.78 is 2.43. The van der Waals surface area contributed by atoms with E-state index in [9.17, 15) is 0 Å². The molecule has 3 aromatic rings. The summed E-state index contributed by atoms with van der Waals surface area (Å²) in [5, 5.41) is 10.9. The number of nitrogens with one attached hydrogen (secondary N) is 2.